The Morgan fingerprint density at radius 3 is 2.34 bits per heavy atom. The van der Waals surface area contributed by atoms with Crippen molar-refractivity contribution in [1.29, 1.82) is 0 Å². The summed E-state index contributed by atoms with van der Waals surface area (Å²) < 4.78 is 42.4. The molecule has 0 spiro atoms. The molecular weight excluding hydrogens is 515 g/mol. The molecule has 0 saturated heterocycles. The van der Waals surface area contributed by atoms with Gasteiger partial charge in [-0.05, 0) is 47.5 Å². The summed E-state index contributed by atoms with van der Waals surface area (Å²) in [6, 6.07) is 21.1. The van der Waals surface area contributed by atoms with Gasteiger partial charge in [-0.1, -0.05) is 36.4 Å². The normalized spacial score (nSPS) is 12.5. The minimum atomic E-state index is -4.74. The summed E-state index contributed by atoms with van der Waals surface area (Å²) in [7, 11) is 4.01. The molecule has 2 N–H and O–H groups in total. The fraction of sp³-hybridized carbons (Fsp3) is 0.192. The minimum absolute atomic E-state index is 0.303. The van der Waals surface area contributed by atoms with E-state index in [1.54, 1.807) is 6.21 Å². The number of anilines is 1. The van der Waals surface area contributed by atoms with Crippen LogP contribution in [0.4, 0.5) is 18.9 Å². The second kappa shape index (κ2) is 12.0. The first-order valence-electron chi connectivity index (χ1n) is 11.5. The van der Waals surface area contributed by atoms with Gasteiger partial charge in [0.1, 0.15) is 17.6 Å². The first-order valence-corrected chi connectivity index (χ1v) is 12.0. The zero-order chi connectivity index (χ0) is 27.1. The Morgan fingerprint density at radius 2 is 1.71 bits per heavy atom. The number of halogens is 3. The number of rotatable bonds is 10. The quantitative estimate of drug-likeness (QED) is 0.116. The Hall–Kier alpha value is -4.03. The first-order chi connectivity index (χ1) is 18.2. The van der Waals surface area contributed by atoms with Gasteiger partial charge in [0, 0.05) is 31.9 Å². The molecule has 0 bridgehead atoms. The smallest absolute Gasteiger partial charge is 0.406 e. The van der Waals surface area contributed by atoms with Gasteiger partial charge in [-0.25, -0.2) is 9.67 Å². The lowest BCUT2D eigenvalue weighted by molar-refractivity contribution is -0.274. The van der Waals surface area contributed by atoms with E-state index in [1.165, 1.54) is 35.3 Å². The van der Waals surface area contributed by atoms with Gasteiger partial charge in [-0.3, -0.25) is 10.7 Å². The van der Waals surface area contributed by atoms with Crippen molar-refractivity contribution >= 4 is 24.5 Å². The number of hydrogen-bond donors (Lipinski definition) is 3. The van der Waals surface area contributed by atoms with E-state index in [4.69, 9.17) is 0 Å². The second-order valence-corrected chi connectivity index (χ2v) is 8.92. The molecule has 3 aromatic carbocycles. The van der Waals surface area contributed by atoms with Crippen LogP contribution in [0.15, 0.2) is 84.2 Å². The highest BCUT2D eigenvalue weighted by Crippen LogP contribution is 2.24. The van der Waals surface area contributed by atoms with Gasteiger partial charge in [0.05, 0.1) is 11.9 Å². The molecule has 0 aliphatic carbocycles. The fourth-order valence-corrected chi connectivity index (χ4v) is 3.55. The molecule has 0 fully saturated rings. The average molecular weight is 542 g/mol. The van der Waals surface area contributed by atoms with Gasteiger partial charge in [0.15, 0.2) is 5.82 Å². The summed E-state index contributed by atoms with van der Waals surface area (Å²) in [4.78, 5) is 6.34. The molecule has 1 unspecified atom stereocenters. The molecule has 0 amide bonds. The molecule has 12 heteroatoms. The number of alkyl halides is 3. The van der Waals surface area contributed by atoms with E-state index < -0.39 is 6.36 Å². The molecular formula is C26H26F3N7OS. The number of benzene rings is 3. The predicted octanol–water partition coefficient (Wildman–Crippen LogP) is 4.83. The van der Waals surface area contributed by atoms with Crippen LogP contribution in [0.5, 0.6) is 5.75 Å². The summed E-state index contributed by atoms with van der Waals surface area (Å²) in [5.74, 6) is 0.170. The highest BCUT2D eigenvalue weighted by atomic mass is 32.1. The molecule has 0 aliphatic heterocycles. The van der Waals surface area contributed by atoms with Gasteiger partial charge in [-0.2, -0.15) is 5.10 Å². The molecule has 0 saturated carbocycles. The van der Waals surface area contributed by atoms with Crippen LogP contribution in [0.25, 0.3) is 17.1 Å². The number of aromatic nitrogens is 3. The van der Waals surface area contributed by atoms with Crippen molar-refractivity contribution in [3.63, 3.8) is 0 Å². The lowest BCUT2D eigenvalue weighted by Gasteiger charge is -2.15. The molecule has 198 valence electrons. The second-order valence-electron chi connectivity index (χ2n) is 8.41. The Labute approximate surface area is 223 Å². The Kier molecular flexibility index (Phi) is 8.54. The predicted molar refractivity (Wildman–Crippen MR) is 145 cm³/mol. The van der Waals surface area contributed by atoms with Crippen molar-refractivity contribution in [3.05, 3.63) is 90.3 Å². The van der Waals surface area contributed by atoms with Crippen LogP contribution >= 0.6 is 12.6 Å². The van der Waals surface area contributed by atoms with Gasteiger partial charge in [0.25, 0.3) is 0 Å². The third-order valence-corrected chi connectivity index (χ3v) is 5.66. The summed E-state index contributed by atoms with van der Waals surface area (Å²) >= 11 is 4.46. The lowest BCUT2D eigenvalue weighted by atomic mass is 10.1. The van der Waals surface area contributed by atoms with Crippen LogP contribution in [0.2, 0.25) is 0 Å². The molecule has 8 nitrogen and oxygen atoms in total. The first kappa shape index (κ1) is 27.0. The summed E-state index contributed by atoms with van der Waals surface area (Å²) in [6.45, 7) is 0.643. The number of ether oxygens (including phenoxy) is 1. The maximum Gasteiger partial charge on any atom is 0.573 e. The van der Waals surface area contributed by atoms with E-state index in [0.717, 1.165) is 22.4 Å². The molecule has 4 aromatic rings. The van der Waals surface area contributed by atoms with Crippen LogP contribution in [0.3, 0.4) is 0 Å². The van der Waals surface area contributed by atoms with E-state index in [0.29, 0.717) is 18.1 Å². The van der Waals surface area contributed by atoms with Crippen molar-refractivity contribution < 1.29 is 17.9 Å². The highest BCUT2D eigenvalue weighted by Gasteiger charge is 2.31. The van der Waals surface area contributed by atoms with Crippen LogP contribution in [-0.4, -0.2) is 46.9 Å². The summed E-state index contributed by atoms with van der Waals surface area (Å²) in [5.41, 5.74) is 7.07. The minimum Gasteiger partial charge on any atom is -0.406 e. The number of hydrogen-bond acceptors (Lipinski definition) is 8. The third kappa shape index (κ3) is 7.73. The van der Waals surface area contributed by atoms with Crippen LogP contribution in [0, 0.1) is 0 Å². The molecule has 1 heterocycles. The fourth-order valence-electron chi connectivity index (χ4n) is 3.39. The van der Waals surface area contributed by atoms with Crippen molar-refractivity contribution in [2.24, 2.45) is 5.10 Å². The van der Waals surface area contributed by atoms with Crippen molar-refractivity contribution in [3.8, 4) is 22.8 Å². The SMILES string of the molecule is CN(C)c1ccc(CNC(S)N/N=C/c2ccc(-c3ncn(-c4ccc(OC(F)(F)F)cc4)n3)cc2)cc1. The van der Waals surface area contributed by atoms with Gasteiger partial charge in [-0.15, -0.1) is 30.9 Å². The molecule has 38 heavy (non-hydrogen) atoms. The van der Waals surface area contributed by atoms with E-state index in [-0.39, 0.29) is 11.2 Å². The standard InChI is InChI=1S/C26H26F3N7OS/c1-35(2)21-9-5-18(6-10-21)15-30-25(38)33-32-16-19-3-7-20(8-4-19)24-31-17-36(34-24)22-11-13-23(14-12-22)37-26(27,28)29/h3-14,16-17,25,30,33,38H,15H2,1-2H3/b32-16+. The Bertz CT molecular complexity index is 1340. The highest BCUT2D eigenvalue weighted by molar-refractivity contribution is 7.80. The number of hydrazone groups is 1. The van der Waals surface area contributed by atoms with Crippen LogP contribution < -0.4 is 20.4 Å². The molecule has 0 aliphatic rings. The van der Waals surface area contributed by atoms with Gasteiger partial charge >= 0.3 is 6.36 Å². The van der Waals surface area contributed by atoms with Crippen LogP contribution in [0.1, 0.15) is 11.1 Å². The number of nitrogens with one attached hydrogen (secondary N) is 2. The Morgan fingerprint density at radius 1 is 1.03 bits per heavy atom. The van der Waals surface area contributed by atoms with Crippen molar-refractivity contribution in [1.82, 2.24) is 25.5 Å². The van der Waals surface area contributed by atoms with Gasteiger partial charge < -0.3 is 9.64 Å². The average Bonchev–Trinajstić information content (AvgIpc) is 3.38. The van der Waals surface area contributed by atoms with Crippen molar-refractivity contribution in [2.75, 3.05) is 19.0 Å². The van der Waals surface area contributed by atoms with E-state index in [2.05, 4.69) is 67.6 Å². The van der Waals surface area contributed by atoms with Crippen LogP contribution in [-0.2, 0) is 6.54 Å². The molecule has 4 rings (SSSR count). The molecule has 1 aromatic heterocycles. The zero-order valence-corrected chi connectivity index (χ0v) is 21.5. The lowest BCUT2D eigenvalue weighted by Crippen LogP contribution is -2.34. The number of nitrogens with zero attached hydrogens (tertiary/aromatic N) is 5. The van der Waals surface area contributed by atoms with E-state index in [9.17, 15) is 13.2 Å². The maximum absolute atomic E-state index is 12.3. The summed E-state index contributed by atoms with van der Waals surface area (Å²) in [6.07, 6.45) is -1.57. The number of thiol groups is 1. The Balaban J connectivity index is 1.28. The van der Waals surface area contributed by atoms with E-state index in [1.807, 2.05) is 43.3 Å². The largest absolute Gasteiger partial charge is 0.573 e. The topological polar surface area (TPSA) is 79.6 Å². The molecule has 0 radical (unpaired) electrons. The third-order valence-electron chi connectivity index (χ3n) is 5.36. The van der Waals surface area contributed by atoms with Crippen molar-refractivity contribution in [2.45, 2.75) is 18.4 Å². The zero-order valence-electron chi connectivity index (χ0n) is 20.6. The molecule has 1 atom stereocenters. The maximum atomic E-state index is 12.3. The summed E-state index contributed by atoms with van der Waals surface area (Å²) in [5, 5.41) is 11.9. The van der Waals surface area contributed by atoms with Gasteiger partial charge in [0.2, 0.25) is 0 Å². The van der Waals surface area contributed by atoms with E-state index >= 15 is 0 Å². The monoisotopic (exact) mass is 541 g/mol.